The van der Waals surface area contributed by atoms with Crippen molar-refractivity contribution in [1.82, 2.24) is 9.78 Å². The van der Waals surface area contributed by atoms with Gasteiger partial charge in [-0.05, 0) is 42.5 Å². The number of aryl methyl sites for hydroxylation is 1. The highest BCUT2D eigenvalue weighted by Gasteiger charge is 2.13. The zero-order chi connectivity index (χ0) is 15.5. The molecule has 1 aliphatic heterocycles. The Morgan fingerprint density at radius 3 is 3.14 bits per heavy atom. The van der Waals surface area contributed by atoms with Crippen LogP contribution < -0.4 is 10.1 Å². The number of rotatable bonds is 4. The van der Waals surface area contributed by atoms with E-state index in [-0.39, 0.29) is 5.91 Å². The van der Waals surface area contributed by atoms with Gasteiger partial charge in [0.15, 0.2) is 0 Å². The Labute approximate surface area is 130 Å². The molecule has 0 atom stereocenters. The van der Waals surface area contributed by atoms with Crippen LogP contribution in [0.2, 0.25) is 0 Å². The summed E-state index contributed by atoms with van der Waals surface area (Å²) in [6, 6.07) is 5.79. The molecule has 116 valence electrons. The van der Waals surface area contributed by atoms with Crippen LogP contribution in [0.4, 0.5) is 5.69 Å². The molecule has 0 radical (unpaired) electrons. The monoisotopic (exact) mass is 299 g/mol. The molecule has 0 spiro atoms. The minimum atomic E-state index is -0.133. The number of nitrogens with one attached hydrogen (secondary N) is 1. The van der Waals surface area contributed by atoms with Crippen LogP contribution in [-0.2, 0) is 13.0 Å². The maximum atomic E-state index is 12.3. The van der Waals surface area contributed by atoms with Gasteiger partial charge in [0.1, 0.15) is 5.75 Å². The molecule has 2 heterocycles. The van der Waals surface area contributed by atoms with Crippen LogP contribution in [0.1, 0.15) is 36.2 Å². The van der Waals surface area contributed by atoms with Crippen LogP contribution in [0, 0.1) is 5.92 Å². The maximum Gasteiger partial charge on any atom is 0.258 e. The Bertz CT molecular complexity index is 676. The van der Waals surface area contributed by atoms with Crippen LogP contribution >= 0.6 is 0 Å². The van der Waals surface area contributed by atoms with Crippen molar-refractivity contribution in [3.8, 4) is 5.75 Å². The van der Waals surface area contributed by atoms with Crippen molar-refractivity contribution in [2.24, 2.45) is 5.92 Å². The fourth-order valence-corrected chi connectivity index (χ4v) is 2.60. The Kier molecular flexibility index (Phi) is 4.13. The van der Waals surface area contributed by atoms with Crippen LogP contribution in [0.25, 0.3) is 0 Å². The molecule has 1 aromatic carbocycles. The first-order valence-electron chi connectivity index (χ1n) is 7.71. The fourth-order valence-electron chi connectivity index (χ4n) is 2.60. The molecule has 5 nitrogen and oxygen atoms in total. The van der Waals surface area contributed by atoms with Crippen molar-refractivity contribution < 1.29 is 9.53 Å². The molecule has 1 aromatic heterocycles. The van der Waals surface area contributed by atoms with Gasteiger partial charge in [-0.3, -0.25) is 9.48 Å². The summed E-state index contributed by atoms with van der Waals surface area (Å²) < 4.78 is 7.39. The summed E-state index contributed by atoms with van der Waals surface area (Å²) in [4.78, 5) is 12.3. The first kappa shape index (κ1) is 14.6. The van der Waals surface area contributed by atoms with Crippen molar-refractivity contribution in [2.45, 2.75) is 33.2 Å². The molecule has 3 rings (SSSR count). The summed E-state index contributed by atoms with van der Waals surface area (Å²) in [6.07, 6.45) is 5.41. The molecule has 0 bridgehead atoms. The van der Waals surface area contributed by atoms with Gasteiger partial charge >= 0.3 is 0 Å². The standard InChI is InChI=1S/C17H21N3O2/c1-12(2)10-20-11-14(9-18-20)17(21)19-15-5-6-16-13(8-15)4-3-7-22-16/h5-6,8-9,11-12H,3-4,7,10H2,1-2H3,(H,19,21). The molecule has 22 heavy (non-hydrogen) atoms. The largest absolute Gasteiger partial charge is 0.493 e. The van der Waals surface area contributed by atoms with Crippen LogP contribution in [-0.4, -0.2) is 22.3 Å². The van der Waals surface area contributed by atoms with Gasteiger partial charge in [-0.2, -0.15) is 5.10 Å². The number of nitrogens with zero attached hydrogens (tertiary/aromatic N) is 2. The lowest BCUT2D eigenvalue weighted by Gasteiger charge is -2.17. The number of hydrogen-bond donors (Lipinski definition) is 1. The fraction of sp³-hybridized carbons (Fsp3) is 0.412. The minimum Gasteiger partial charge on any atom is -0.493 e. The maximum absolute atomic E-state index is 12.3. The number of benzene rings is 1. The molecule has 0 fully saturated rings. The highest BCUT2D eigenvalue weighted by atomic mass is 16.5. The second-order valence-corrected chi connectivity index (χ2v) is 6.07. The van der Waals surface area contributed by atoms with Gasteiger partial charge in [-0.1, -0.05) is 13.8 Å². The van der Waals surface area contributed by atoms with E-state index in [1.807, 2.05) is 18.2 Å². The lowest BCUT2D eigenvalue weighted by molar-refractivity contribution is 0.102. The number of aromatic nitrogens is 2. The Morgan fingerprint density at radius 1 is 1.45 bits per heavy atom. The normalized spacial score (nSPS) is 13.6. The lowest BCUT2D eigenvalue weighted by atomic mass is 10.1. The van der Waals surface area contributed by atoms with Gasteiger partial charge in [-0.25, -0.2) is 0 Å². The summed E-state index contributed by atoms with van der Waals surface area (Å²) in [5.74, 6) is 1.29. The number of fused-ring (bicyclic) bond motifs is 1. The SMILES string of the molecule is CC(C)Cn1cc(C(=O)Nc2ccc3c(c2)CCCO3)cn1. The van der Waals surface area contributed by atoms with Crippen LogP contribution in [0.5, 0.6) is 5.75 Å². The molecule has 1 amide bonds. The Balaban J connectivity index is 1.70. The second-order valence-electron chi connectivity index (χ2n) is 6.07. The number of carbonyl (C=O) groups is 1. The molecule has 5 heteroatoms. The van der Waals surface area contributed by atoms with Gasteiger partial charge in [0, 0.05) is 18.4 Å². The number of carbonyl (C=O) groups excluding carboxylic acids is 1. The van der Waals surface area contributed by atoms with E-state index in [9.17, 15) is 4.79 Å². The smallest absolute Gasteiger partial charge is 0.258 e. The number of ether oxygens (including phenoxy) is 1. The van der Waals surface area contributed by atoms with E-state index in [0.717, 1.165) is 43.0 Å². The number of hydrogen-bond acceptors (Lipinski definition) is 3. The third-order valence-corrected chi connectivity index (χ3v) is 3.61. The Hall–Kier alpha value is -2.30. The van der Waals surface area contributed by atoms with E-state index in [0.29, 0.717) is 11.5 Å². The first-order valence-corrected chi connectivity index (χ1v) is 7.71. The Morgan fingerprint density at radius 2 is 2.32 bits per heavy atom. The zero-order valence-corrected chi connectivity index (χ0v) is 13.0. The highest BCUT2D eigenvalue weighted by molar-refractivity contribution is 6.04. The molecular formula is C17H21N3O2. The third-order valence-electron chi connectivity index (χ3n) is 3.61. The summed E-state index contributed by atoms with van der Waals surface area (Å²) in [5, 5.41) is 7.15. The van der Waals surface area contributed by atoms with Gasteiger partial charge in [0.25, 0.3) is 5.91 Å². The lowest BCUT2D eigenvalue weighted by Crippen LogP contribution is -2.13. The number of amides is 1. The zero-order valence-electron chi connectivity index (χ0n) is 13.0. The average molecular weight is 299 g/mol. The molecule has 0 saturated carbocycles. The molecule has 2 aromatic rings. The van der Waals surface area contributed by atoms with Crippen molar-refractivity contribution in [3.63, 3.8) is 0 Å². The van der Waals surface area contributed by atoms with E-state index >= 15 is 0 Å². The molecular weight excluding hydrogens is 278 g/mol. The molecule has 1 aliphatic rings. The minimum absolute atomic E-state index is 0.133. The van der Waals surface area contributed by atoms with Gasteiger partial charge in [-0.15, -0.1) is 0 Å². The summed E-state index contributed by atoms with van der Waals surface area (Å²) in [6.45, 7) is 5.82. The van der Waals surface area contributed by atoms with E-state index < -0.39 is 0 Å². The molecule has 0 saturated heterocycles. The second kappa shape index (κ2) is 6.22. The summed E-state index contributed by atoms with van der Waals surface area (Å²) in [5.41, 5.74) is 2.53. The summed E-state index contributed by atoms with van der Waals surface area (Å²) >= 11 is 0. The van der Waals surface area contributed by atoms with Crippen molar-refractivity contribution in [1.29, 1.82) is 0 Å². The molecule has 0 unspecified atom stereocenters. The van der Waals surface area contributed by atoms with Gasteiger partial charge in [0.05, 0.1) is 18.4 Å². The predicted molar refractivity (Wildman–Crippen MR) is 85.3 cm³/mol. The predicted octanol–water partition coefficient (Wildman–Crippen LogP) is 3.12. The number of anilines is 1. The quantitative estimate of drug-likeness (QED) is 0.943. The van der Waals surface area contributed by atoms with Crippen LogP contribution in [0.3, 0.4) is 0 Å². The van der Waals surface area contributed by atoms with Gasteiger partial charge in [0.2, 0.25) is 0 Å². The first-order chi connectivity index (χ1) is 10.6. The van der Waals surface area contributed by atoms with Crippen molar-refractivity contribution >= 4 is 11.6 Å². The van der Waals surface area contributed by atoms with Gasteiger partial charge < -0.3 is 10.1 Å². The molecule has 1 N–H and O–H groups in total. The topological polar surface area (TPSA) is 56.2 Å². The van der Waals surface area contributed by atoms with E-state index in [4.69, 9.17) is 4.74 Å². The van der Waals surface area contributed by atoms with Crippen molar-refractivity contribution in [3.05, 3.63) is 41.7 Å². The third kappa shape index (κ3) is 3.30. The van der Waals surface area contributed by atoms with Crippen molar-refractivity contribution in [2.75, 3.05) is 11.9 Å². The highest BCUT2D eigenvalue weighted by Crippen LogP contribution is 2.27. The summed E-state index contributed by atoms with van der Waals surface area (Å²) in [7, 11) is 0. The van der Waals surface area contributed by atoms with E-state index in [1.54, 1.807) is 17.1 Å². The van der Waals surface area contributed by atoms with Crippen LogP contribution in [0.15, 0.2) is 30.6 Å². The van der Waals surface area contributed by atoms with E-state index in [2.05, 4.69) is 24.3 Å². The van der Waals surface area contributed by atoms with E-state index in [1.165, 1.54) is 0 Å². The molecule has 0 aliphatic carbocycles. The average Bonchev–Trinajstić information content (AvgIpc) is 2.95.